The Morgan fingerprint density at radius 1 is 1.53 bits per heavy atom. The largest absolute Gasteiger partial charge is 0.469 e. The highest BCUT2D eigenvalue weighted by Crippen LogP contribution is 2.24. The van der Waals surface area contributed by atoms with Crippen molar-refractivity contribution >= 4 is 5.91 Å². The average Bonchev–Trinajstić information content (AvgIpc) is 2.77. The maximum Gasteiger partial charge on any atom is 0.254 e. The van der Waals surface area contributed by atoms with Crippen LogP contribution >= 0.6 is 0 Å². The van der Waals surface area contributed by atoms with Gasteiger partial charge in [0.1, 0.15) is 12.0 Å². The molecule has 4 heteroatoms. The van der Waals surface area contributed by atoms with Gasteiger partial charge in [0.15, 0.2) is 0 Å². The number of carbonyl (C=O) groups is 1. The van der Waals surface area contributed by atoms with E-state index in [1.54, 1.807) is 6.07 Å². The Morgan fingerprint density at radius 2 is 2.29 bits per heavy atom. The SMILES string of the molecule is Cc1cc(C(=O)NC2CCCCC2CO)co1. The van der Waals surface area contributed by atoms with Gasteiger partial charge in [0, 0.05) is 18.6 Å². The van der Waals surface area contributed by atoms with Crippen molar-refractivity contribution in [2.75, 3.05) is 6.61 Å². The van der Waals surface area contributed by atoms with Crippen molar-refractivity contribution in [1.29, 1.82) is 0 Å². The molecule has 1 fully saturated rings. The van der Waals surface area contributed by atoms with E-state index >= 15 is 0 Å². The second-order valence-electron chi connectivity index (χ2n) is 4.75. The van der Waals surface area contributed by atoms with Crippen LogP contribution in [0.1, 0.15) is 41.8 Å². The minimum atomic E-state index is -0.104. The second-order valence-corrected chi connectivity index (χ2v) is 4.75. The maximum atomic E-state index is 11.9. The third-order valence-corrected chi connectivity index (χ3v) is 3.45. The first-order chi connectivity index (χ1) is 8.20. The second kappa shape index (κ2) is 5.36. The van der Waals surface area contributed by atoms with Gasteiger partial charge >= 0.3 is 0 Å². The maximum absolute atomic E-state index is 11.9. The van der Waals surface area contributed by atoms with Crippen molar-refractivity contribution in [3.05, 3.63) is 23.7 Å². The predicted octanol–water partition coefficient (Wildman–Crippen LogP) is 1.87. The van der Waals surface area contributed by atoms with Crippen LogP contribution in [0.25, 0.3) is 0 Å². The van der Waals surface area contributed by atoms with Crippen LogP contribution in [-0.4, -0.2) is 23.7 Å². The summed E-state index contributed by atoms with van der Waals surface area (Å²) in [5, 5.41) is 12.3. The first-order valence-corrected chi connectivity index (χ1v) is 6.17. The number of hydrogen-bond acceptors (Lipinski definition) is 3. The summed E-state index contributed by atoms with van der Waals surface area (Å²) in [5.41, 5.74) is 0.560. The smallest absolute Gasteiger partial charge is 0.254 e. The first kappa shape index (κ1) is 12.2. The van der Waals surface area contributed by atoms with Crippen molar-refractivity contribution in [3.63, 3.8) is 0 Å². The molecule has 0 radical (unpaired) electrons. The number of aliphatic hydroxyl groups is 1. The number of aryl methyl sites for hydroxylation is 1. The summed E-state index contributed by atoms with van der Waals surface area (Å²) in [7, 11) is 0. The van der Waals surface area contributed by atoms with Crippen molar-refractivity contribution in [2.45, 2.75) is 38.6 Å². The fourth-order valence-corrected chi connectivity index (χ4v) is 2.43. The summed E-state index contributed by atoms with van der Waals surface area (Å²) >= 11 is 0. The third-order valence-electron chi connectivity index (χ3n) is 3.45. The normalized spacial score (nSPS) is 24.6. The Morgan fingerprint density at radius 3 is 2.94 bits per heavy atom. The van der Waals surface area contributed by atoms with Gasteiger partial charge in [-0.2, -0.15) is 0 Å². The lowest BCUT2D eigenvalue weighted by Gasteiger charge is -2.30. The van der Waals surface area contributed by atoms with E-state index in [4.69, 9.17) is 4.42 Å². The molecule has 4 nitrogen and oxygen atoms in total. The monoisotopic (exact) mass is 237 g/mol. The van der Waals surface area contributed by atoms with Gasteiger partial charge in [-0.3, -0.25) is 4.79 Å². The molecule has 17 heavy (non-hydrogen) atoms. The Hall–Kier alpha value is -1.29. The van der Waals surface area contributed by atoms with Crippen LogP contribution in [0.2, 0.25) is 0 Å². The van der Waals surface area contributed by atoms with Gasteiger partial charge in [0.2, 0.25) is 0 Å². The zero-order valence-electron chi connectivity index (χ0n) is 10.1. The molecule has 0 bridgehead atoms. The highest BCUT2D eigenvalue weighted by atomic mass is 16.3. The summed E-state index contributed by atoms with van der Waals surface area (Å²) in [6.45, 7) is 1.96. The average molecular weight is 237 g/mol. The molecule has 1 aliphatic carbocycles. The predicted molar refractivity (Wildman–Crippen MR) is 63.7 cm³/mol. The van der Waals surface area contributed by atoms with Crippen molar-refractivity contribution < 1.29 is 14.3 Å². The molecule has 2 rings (SSSR count). The summed E-state index contributed by atoms with van der Waals surface area (Å²) in [6.07, 6.45) is 5.68. The van der Waals surface area contributed by atoms with Crippen molar-refractivity contribution in [2.24, 2.45) is 5.92 Å². The molecule has 0 aliphatic heterocycles. The Kier molecular flexibility index (Phi) is 3.84. The third kappa shape index (κ3) is 2.88. The van der Waals surface area contributed by atoms with Crippen molar-refractivity contribution in [3.8, 4) is 0 Å². The highest BCUT2D eigenvalue weighted by molar-refractivity contribution is 5.94. The molecule has 0 saturated heterocycles. The lowest BCUT2D eigenvalue weighted by Crippen LogP contribution is -2.43. The molecule has 94 valence electrons. The number of carbonyl (C=O) groups excluding carboxylic acids is 1. The number of nitrogens with one attached hydrogen (secondary N) is 1. The zero-order valence-corrected chi connectivity index (χ0v) is 10.1. The van der Waals surface area contributed by atoms with E-state index in [2.05, 4.69) is 5.32 Å². The van der Waals surface area contributed by atoms with Crippen LogP contribution in [-0.2, 0) is 0 Å². The molecule has 2 unspecified atom stereocenters. The van der Waals surface area contributed by atoms with Gasteiger partial charge in [-0.05, 0) is 25.8 Å². The molecule has 1 aliphatic rings. The first-order valence-electron chi connectivity index (χ1n) is 6.17. The summed E-state index contributed by atoms with van der Waals surface area (Å²) < 4.78 is 5.12. The zero-order chi connectivity index (χ0) is 12.3. The molecule has 2 N–H and O–H groups in total. The van der Waals surface area contributed by atoms with Crippen LogP contribution in [0.15, 0.2) is 16.7 Å². The summed E-state index contributed by atoms with van der Waals surface area (Å²) in [5.74, 6) is 0.824. The Labute approximate surface area is 101 Å². The highest BCUT2D eigenvalue weighted by Gasteiger charge is 2.26. The van der Waals surface area contributed by atoms with E-state index in [1.807, 2.05) is 6.92 Å². The van der Waals surface area contributed by atoms with Crippen LogP contribution in [0, 0.1) is 12.8 Å². The van der Waals surface area contributed by atoms with E-state index in [9.17, 15) is 9.90 Å². The van der Waals surface area contributed by atoms with Crippen LogP contribution in [0.5, 0.6) is 0 Å². The number of amides is 1. The summed E-state index contributed by atoms with van der Waals surface area (Å²) in [6, 6.07) is 1.82. The quantitative estimate of drug-likeness (QED) is 0.843. The molecule has 2 atom stereocenters. The van der Waals surface area contributed by atoms with E-state index in [-0.39, 0.29) is 24.5 Å². The Bertz CT molecular complexity index is 386. The van der Waals surface area contributed by atoms with Gasteiger partial charge in [-0.15, -0.1) is 0 Å². The topological polar surface area (TPSA) is 62.5 Å². The number of hydrogen-bond donors (Lipinski definition) is 2. The van der Waals surface area contributed by atoms with E-state index < -0.39 is 0 Å². The molecule has 1 saturated carbocycles. The fraction of sp³-hybridized carbons (Fsp3) is 0.615. The molecule has 0 spiro atoms. The fourth-order valence-electron chi connectivity index (χ4n) is 2.43. The number of aliphatic hydroxyl groups excluding tert-OH is 1. The van der Waals surface area contributed by atoms with Gasteiger partial charge in [0.25, 0.3) is 5.91 Å². The molecule has 1 aromatic rings. The van der Waals surface area contributed by atoms with Gasteiger partial charge in [-0.25, -0.2) is 0 Å². The molecule has 1 aromatic heterocycles. The summed E-state index contributed by atoms with van der Waals surface area (Å²) in [4.78, 5) is 11.9. The molecule has 0 aromatic carbocycles. The van der Waals surface area contributed by atoms with E-state index in [1.165, 1.54) is 6.26 Å². The minimum absolute atomic E-state index is 0.0939. The minimum Gasteiger partial charge on any atom is -0.469 e. The van der Waals surface area contributed by atoms with Crippen LogP contribution in [0.3, 0.4) is 0 Å². The van der Waals surface area contributed by atoms with Crippen LogP contribution in [0.4, 0.5) is 0 Å². The number of rotatable bonds is 3. The van der Waals surface area contributed by atoms with Gasteiger partial charge in [0.05, 0.1) is 5.56 Å². The molecule has 1 heterocycles. The Balaban J connectivity index is 1.97. The van der Waals surface area contributed by atoms with Gasteiger partial charge < -0.3 is 14.8 Å². The standard InChI is InChI=1S/C13H19NO3/c1-9-6-11(8-17-9)13(16)14-12-5-3-2-4-10(12)7-15/h6,8,10,12,15H,2-5,7H2,1H3,(H,14,16). The number of furan rings is 1. The molecular weight excluding hydrogens is 218 g/mol. The molecular formula is C13H19NO3. The lowest BCUT2D eigenvalue weighted by atomic mass is 9.85. The van der Waals surface area contributed by atoms with Crippen LogP contribution < -0.4 is 5.32 Å². The van der Waals surface area contributed by atoms with E-state index in [0.29, 0.717) is 5.56 Å². The van der Waals surface area contributed by atoms with Crippen molar-refractivity contribution in [1.82, 2.24) is 5.32 Å². The van der Waals surface area contributed by atoms with Gasteiger partial charge in [-0.1, -0.05) is 12.8 Å². The lowest BCUT2D eigenvalue weighted by molar-refractivity contribution is 0.0872. The molecule has 1 amide bonds. The van der Waals surface area contributed by atoms with E-state index in [0.717, 1.165) is 31.4 Å².